The van der Waals surface area contributed by atoms with Crippen LogP contribution in [0.15, 0.2) is 0 Å². The summed E-state index contributed by atoms with van der Waals surface area (Å²) in [5.74, 6) is -2.88. The van der Waals surface area contributed by atoms with Crippen LogP contribution in [0.4, 0.5) is 4.79 Å². The van der Waals surface area contributed by atoms with E-state index < -0.39 is 25.2 Å². The molecule has 0 atom stereocenters. The van der Waals surface area contributed by atoms with Crippen LogP contribution >= 0.6 is 0 Å². The van der Waals surface area contributed by atoms with Gasteiger partial charge < -0.3 is 36.1 Å². The highest BCUT2D eigenvalue weighted by atomic mass is 16.7. The fraction of sp³-hybridized carbons (Fsp3) is 0.750. The van der Waals surface area contributed by atoms with Gasteiger partial charge in [0.15, 0.2) is 0 Å². The molecule has 0 aromatic rings. The van der Waals surface area contributed by atoms with Crippen molar-refractivity contribution in [2.75, 3.05) is 6.61 Å². The summed E-state index contributed by atoms with van der Waals surface area (Å²) in [6.45, 7) is -0.522. The molecule has 0 unspecified atom stereocenters. The van der Waals surface area contributed by atoms with Gasteiger partial charge in [-0.15, -0.1) is 0 Å². The standard InChI is InChI=1S/C4H8O6.H3N/c5-3(6)10-2-1-4(7,8)9;/h7-9H,1-2H2,(H,5,6);1H3. The van der Waals surface area contributed by atoms with E-state index in [1.165, 1.54) is 0 Å². The lowest BCUT2D eigenvalue weighted by molar-refractivity contribution is -0.322. The SMILES string of the molecule is O=C([O-])OCCC(O)(O)O.[NH4+]. The summed E-state index contributed by atoms with van der Waals surface area (Å²) in [6, 6.07) is 0. The molecule has 0 aliphatic carbocycles. The maximum atomic E-state index is 9.51. The van der Waals surface area contributed by atoms with E-state index >= 15 is 0 Å². The number of carboxylic acid groups (broad SMARTS) is 1. The molecule has 0 rings (SSSR count). The van der Waals surface area contributed by atoms with E-state index in [-0.39, 0.29) is 6.15 Å². The smallest absolute Gasteiger partial charge is 0.276 e. The van der Waals surface area contributed by atoms with E-state index in [9.17, 15) is 9.90 Å². The summed E-state index contributed by atoms with van der Waals surface area (Å²) in [6.07, 6.45) is -2.38. The van der Waals surface area contributed by atoms with Crippen LogP contribution in [-0.4, -0.2) is 34.1 Å². The van der Waals surface area contributed by atoms with Crippen molar-refractivity contribution in [3.05, 3.63) is 0 Å². The molecular weight excluding hydrogens is 158 g/mol. The van der Waals surface area contributed by atoms with E-state index in [0.717, 1.165) is 0 Å². The monoisotopic (exact) mass is 169 g/mol. The van der Waals surface area contributed by atoms with Crippen LogP contribution in [0, 0.1) is 0 Å². The van der Waals surface area contributed by atoms with Crippen molar-refractivity contribution in [3.8, 4) is 0 Å². The lowest BCUT2D eigenvalue weighted by atomic mass is 10.4. The normalized spacial score (nSPS) is 10.1. The second-order valence-corrected chi connectivity index (χ2v) is 1.62. The predicted molar refractivity (Wildman–Crippen MR) is 31.3 cm³/mol. The number of aliphatic hydroxyl groups is 3. The van der Waals surface area contributed by atoms with Gasteiger partial charge in [0, 0.05) is 13.0 Å². The topological polar surface area (TPSA) is 147 Å². The highest BCUT2D eigenvalue weighted by Crippen LogP contribution is 1.98. The molecule has 7 heteroatoms. The lowest BCUT2D eigenvalue weighted by Crippen LogP contribution is -2.31. The highest BCUT2D eigenvalue weighted by Gasteiger charge is 2.16. The Morgan fingerprint density at radius 3 is 2.18 bits per heavy atom. The molecule has 0 saturated carbocycles. The summed E-state index contributed by atoms with van der Waals surface area (Å²) in [5, 5.41) is 34.0. The Bertz CT molecular complexity index is 118. The van der Waals surface area contributed by atoms with Gasteiger partial charge in [-0.1, -0.05) is 0 Å². The summed E-state index contributed by atoms with van der Waals surface area (Å²) >= 11 is 0. The molecule has 0 aromatic heterocycles. The fourth-order valence-corrected chi connectivity index (χ4v) is 0.271. The van der Waals surface area contributed by atoms with Gasteiger partial charge in [-0.25, -0.2) is 0 Å². The van der Waals surface area contributed by atoms with Crippen LogP contribution in [0.2, 0.25) is 0 Å². The molecule has 0 aromatic carbocycles. The van der Waals surface area contributed by atoms with Crippen molar-refractivity contribution in [3.63, 3.8) is 0 Å². The molecule has 0 heterocycles. The quantitative estimate of drug-likeness (QED) is 0.277. The molecule has 0 amide bonds. The van der Waals surface area contributed by atoms with Crippen LogP contribution in [0.25, 0.3) is 0 Å². The zero-order valence-corrected chi connectivity index (χ0v) is 5.98. The first kappa shape index (κ1) is 12.8. The maximum absolute atomic E-state index is 9.51. The molecule has 0 saturated heterocycles. The molecule has 7 N–H and O–H groups in total. The van der Waals surface area contributed by atoms with Gasteiger partial charge >= 0.3 is 0 Å². The Morgan fingerprint density at radius 2 is 1.91 bits per heavy atom. The average molecular weight is 169 g/mol. The van der Waals surface area contributed by atoms with Crippen molar-refractivity contribution in [2.45, 2.75) is 12.4 Å². The summed E-state index contributed by atoms with van der Waals surface area (Å²) in [5.41, 5.74) is 0. The third-order valence-corrected chi connectivity index (χ3v) is 0.657. The third kappa shape index (κ3) is 12.3. The molecule has 0 radical (unpaired) electrons. The Labute approximate surface area is 62.4 Å². The molecule has 11 heavy (non-hydrogen) atoms. The van der Waals surface area contributed by atoms with Gasteiger partial charge in [0.2, 0.25) is 0 Å². The number of hydrogen-bond donors (Lipinski definition) is 4. The summed E-state index contributed by atoms with van der Waals surface area (Å²) in [7, 11) is 0. The largest absolute Gasteiger partial charge is 0.549 e. The van der Waals surface area contributed by atoms with Crippen LogP contribution in [0.5, 0.6) is 0 Å². The number of hydrogen-bond acceptors (Lipinski definition) is 6. The lowest BCUT2D eigenvalue weighted by Gasteiger charge is -2.15. The van der Waals surface area contributed by atoms with Gasteiger partial charge in [0.25, 0.3) is 12.1 Å². The Morgan fingerprint density at radius 1 is 1.45 bits per heavy atom. The molecular formula is C4H11NO6. The summed E-state index contributed by atoms with van der Waals surface area (Å²) < 4.78 is 3.74. The molecule has 0 bridgehead atoms. The van der Waals surface area contributed by atoms with Crippen molar-refractivity contribution in [2.24, 2.45) is 0 Å². The predicted octanol–water partition coefficient (Wildman–Crippen LogP) is -2.26. The van der Waals surface area contributed by atoms with Crippen LogP contribution in [0.3, 0.4) is 0 Å². The zero-order chi connectivity index (χ0) is 8.20. The van der Waals surface area contributed by atoms with Crippen LogP contribution in [-0.2, 0) is 4.74 Å². The Balaban J connectivity index is 0. The molecule has 0 spiro atoms. The van der Waals surface area contributed by atoms with E-state index in [0.29, 0.717) is 0 Å². The van der Waals surface area contributed by atoms with E-state index in [4.69, 9.17) is 15.3 Å². The first-order valence-electron chi connectivity index (χ1n) is 2.43. The summed E-state index contributed by atoms with van der Waals surface area (Å²) in [4.78, 5) is 9.51. The Hall–Kier alpha value is -0.890. The number of ether oxygens (including phenoxy) is 1. The minimum atomic E-state index is -2.88. The van der Waals surface area contributed by atoms with Gasteiger partial charge in [0.1, 0.15) is 0 Å². The molecule has 0 fully saturated rings. The second kappa shape index (κ2) is 4.85. The van der Waals surface area contributed by atoms with Crippen LogP contribution < -0.4 is 11.3 Å². The fourth-order valence-electron chi connectivity index (χ4n) is 0.271. The third-order valence-electron chi connectivity index (χ3n) is 0.657. The van der Waals surface area contributed by atoms with Gasteiger partial charge in [-0.3, -0.25) is 0 Å². The Kier molecular flexibility index (Phi) is 5.63. The number of rotatable bonds is 3. The molecule has 0 aliphatic heterocycles. The number of carbonyl (C=O) groups excluding carboxylic acids is 1. The van der Waals surface area contributed by atoms with Crippen molar-refractivity contribution >= 4 is 6.16 Å². The minimum absolute atomic E-state index is 0. The van der Waals surface area contributed by atoms with E-state index in [1.807, 2.05) is 0 Å². The van der Waals surface area contributed by atoms with Gasteiger partial charge in [-0.05, 0) is 0 Å². The van der Waals surface area contributed by atoms with Crippen molar-refractivity contribution in [1.82, 2.24) is 6.15 Å². The second-order valence-electron chi connectivity index (χ2n) is 1.62. The average Bonchev–Trinajstić information content (AvgIpc) is 1.59. The van der Waals surface area contributed by atoms with Gasteiger partial charge in [0.05, 0.1) is 0 Å². The van der Waals surface area contributed by atoms with Crippen molar-refractivity contribution in [1.29, 1.82) is 0 Å². The van der Waals surface area contributed by atoms with Crippen molar-refractivity contribution < 1.29 is 30.0 Å². The number of quaternary nitrogens is 1. The molecule has 0 aliphatic rings. The van der Waals surface area contributed by atoms with E-state index in [1.54, 1.807) is 0 Å². The minimum Gasteiger partial charge on any atom is -0.549 e. The molecule has 7 nitrogen and oxygen atoms in total. The number of carbonyl (C=O) groups is 1. The van der Waals surface area contributed by atoms with Gasteiger partial charge in [-0.2, -0.15) is 0 Å². The van der Waals surface area contributed by atoms with E-state index in [2.05, 4.69) is 4.74 Å². The first-order valence-corrected chi connectivity index (χ1v) is 2.43. The maximum Gasteiger partial charge on any atom is 0.276 e. The first-order chi connectivity index (χ1) is 4.42. The molecule has 68 valence electrons. The van der Waals surface area contributed by atoms with Crippen LogP contribution in [0.1, 0.15) is 6.42 Å². The highest BCUT2D eigenvalue weighted by molar-refractivity contribution is 5.53. The zero-order valence-electron chi connectivity index (χ0n) is 5.98.